The van der Waals surface area contributed by atoms with Gasteiger partial charge in [0.25, 0.3) is 0 Å². The summed E-state index contributed by atoms with van der Waals surface area (Å²) in [7, 11) is -2.44. The molecule has 9 heteroatoms. The number of benzene rings is 2. The largest absolute Gasteiger partial charge is 0.494 e. The van der Waals surface area contributed by atoms with Gasteiger partial charge in [0.2, 0.25) is 15.9 Å². The molecule has 0 aromatic heterocycles. The Morgan fingerprint density at radius 3 is 2.36 bits per heavy atom. The van der Waals surface area contributed by atoms with Crippen LogP contribution in [-0.2, 0) is 19.6 Å². The number of ether oxygens (including phenoxy) is 2. The van der Waals surface area contributed by atoms with Crippen LogP contribution in [0.25, 0.3) is 0 Å². The molecule has 0 saturated heterocycles. The Morgan fingerprint density at radius 1 is 1.11 bits per heavy atom. The lowest BCUT2D eigenvalue weighted by Crippen LogP contribution is -2.37. The summed E-state index contributed by atoms with van der Waals surface area (Å²) in [6.07, 6.45) is 1.02. The molecular weight excluding hydrogens is 384 g/mol. The van der Waals surface area contributed by atoms with E-state index < -0.39 is 28.4 Å². The van der Waals surface area contributed by atoms with E-state index in [0.29, 0.717) is 23.7 Å². The molecule has 2 rings (SSSR count). The number of hydrogen-bond donors (Lipinski definition) is 1. The van der Waals surface area contributed by atoms with Gasteiger partial charge >= 0.3 is 5.97 Å². The van der Waals surface area contributed by atoms with Crippen LogP contribution in [0.15, 0.2) is 48.5 Å². The second kappa shape index (κ2) is 9.23. The fourth-order valence-electron chi connectivity index (χ4n) is 2.45. The minimum atomic E-state index is -3.70. The molecule has 0 aliphatic rings. The van der Waals surface area contributed by atoms with Crippen LogP contribution in [0.3, 0.4) is 0 Å². The van der Waals surface area contributed by atoms with Crippen LogP contribution in [0.5, 0.6) is 5.75 Å². The van der Waals surface area contributed by atoms with Crippen molar-refractivity contribution in [2.45, 2.75) is 6.92 Å². The van der Waals surface area contributed by atoms with Crippen molar-refractivity contribution in [1.29, 1.82) is 0 Å². The number of esters is 1. The summed E-state index contributed by atoms with van der Waals surface area (Å²) in [4.78, 5) is 24.0. The number of rotatable bonds is 8. The number of sulfonamides is 1. The third kappa shape index (κ3) is 5.71. The predicted octanol–water partition coefficient (Wildman–Crippen LogP) is 2.28. The average molecular weight is 406 g/mol. The molecule has 2 aromatic carbocycles. The number of hydrogen-bond acceptors (Lipinski definition) is 6. The lowest BCUT2D eigenvalue weighted by atomic mass is 10.2. The van der Waals surface area contributed by atoms with Gasteiger partial charge in [-0.25, -0.2) is 13.2 Å². The summed E-state index contributed by atoms with van der Waals surface area (Å²) in [5.74, 6) is -0.492. The molecule has 0 aliphatic carbocycles. The zero-order chi connectivity index (χ0) is 20.7. The highest BCUT2D eigenvalue weighted by Gasteiger charge is 2.21. The number of nitrogens with zero attached hydrogens (tertiary/aromatic N) is 1. The van der Waals surface area contributed by atoms with Gasteiger partial charge in [-0.1, -0.05) is 6.07 Å². The van der Waals surface area contributed by atoms with Crippen LogP contribution in [-0.4, -0.2) is 46.8 Å². The van der Waals surface area contributed by atoms with Gasteiger partial charge in [0, 0.05) is 5.69 Å². The molecule has 0 heterocycles. The lowest BCUT2D eigenvalue weighted by Gasteiger charge is -2.22. The van der Waals surface area contributed by atoms with E-state index in [4.69, 9.17) is 4.74 Å². The molecule has 0 fully saturated rings. The van der Waals surface area contributed by atoms with Crippen LogP contribution < -0.4 is 14.4 Å². The molecule has 0 spiro atoms. The minimum absolute atomic E-state index is 0.270. The zero-order valence-electron chi connectivity index (χ0n) is 15.8. The van der Waals surface area contributed by atoms with Crippen LogP contribution in [0.1, 0.15) is 17.3 Å². The first-order valence-corrected chi connectivity index (χ1v) is 10.3. The van der Waals surface area contributed by atoms with Crippen molar-refractivity contribution in [2.24, 2.45) is 0 Å². The topological polar surface area (TPSA) is 102 Å². The van der Waals surface area contributed by atoms with E-state index in [1.54, 1.807) is 42.5 Å². The summed E-state index contributed by atoms with van der Waals surface area (Å²) in [5, 5.41) is 2.59. The van der Waals surface area contributed by atoms with Gasteiger partial charge in [-0.2, -0.15) is 0 Å². The first kappa shape index (κ1) is 21.2. The van der Waals surface area contributed by atoms with Gasteiger partial charge in [0.05, 0.1) is 31.2 Å². The molecule has 28 heavy (non-hydrogen) atoms. The second-order valence-electron chi connectivity index (χ2n) is 5.82. The number of methoxy groups -OCH3 is 1. The van der Waals surface area contributed by atoms with Gasteiger partial charge in [-0.15, -0.1) is 0 Å². The third-order valence-electron chi connectivity index (χ3n) is 3.69. The first-order valence-electron chi connectivity index (χ1n) is 8.43. The van der Waals surface area contributed by atoms with Crippen molar-refractivity contribution in [3.05, 3.63) is 54.1 Å². The number of nitrogens with one attached hydrogen (secondary N) is 1. The van der Waals surface area contributed by atoms with Crippen molar-refractivity contribution < 1.29 is 27.5 Å². The summed E-state index contributed by atoms with van der Waals surface area (Å²) in [5.41, 5.74) is 0.962. The Morgan fingerprint density at radius 2 is 1.79 bits per heavy atom. The maximum atomic E-state index is 12.4. The lowest BCUT2D eigenvalue weighted by molar-refractivity contribution is -0.114. The zero-order valence-corrected chi connectivity index (χ0v) is 16.7. The number of carbonyl (C=O) groups is 2. The molecule has 1 N–H and O–H groups in total. The minimum Gasteiger partial charge on any atom is -0.494 e. The summed E-state index contributed by atoms with van der Waals surface area (Å²) < 4.78 is 35.3. The molecule has 0 aliphatic heterocycles. The summed E-state index contributed by atoms with van der Waals surface area (Å²) in [6, 6.07) is 12.6. The third-order valence-corrected chi connectivity index (χ3v) is 4.83. The van der Waals surface area contributed by atoms with Crippen LogP contribution in [0.2, 0.25) is 0 Å². The number of anilines is 2. The van der Waals surface area contributed by atoms with Crippen LogP contribution >= 0.6 is 0 Å². The molecule has 150 valence electrons. The van der Waals surface area contributed by atoms with E-state index in [1.165, 1.54) is 13.2 Å². The summed E-state index contributed by atoms with van der Waals surface area (Å²) >= 11 is 0. The number of carbonyl (C=O) groups excluding carboxylic acids is 2. The van der Waals surface area contributed by atoms with E-state index in [-0.39, 0.29) is 5.56 Å². The molecule has 0 bridgehead atoms. The maximum absolute atomic E-state index is 12.4. The van der Waals surface area contributed by atoms with Gasteiger partial charge < -0.3 is 14.8 Å². The van der Waals surface area contributed by atoms with Gasteiger partial charge in [0.1, 0.15) is 12.3 Å². The highest BCUT2D eigenvalue weighted by molar-refractivity contribution is 7.92. The highest BCUT2D eigenvalue weighted by atomic mass is 32.2. The van der Waals surface area contributed by atoms with Crippen molar-refractivity contribution >= 4 is 33.3 Å². The average Bonchev–Trinajstić information content (AvgIpc) is 2.66. The molecule has 0 atom stereocenters. The quantitative estimate of drug-likeness (QED) is 0.675. The van der Waals surface area contributed by atoms with Crippen molar-refractivity contribution in [3.8, 4) is 5.75 Å². The molecular formula is C19H22N2O6S. The van der Waals surface area contributed by atoms with E-state index in [0.717, 1.165) is 10.6 Å². The van der Waals surface area contributed by atoms with E-state index in [2.05, 4.69) is 10.1 Å². The Kier molecular flexibility index (Phi) is 7.00. The Hall–Kier alpha value is -3.07. The molecule has 1 amide bonds. The molecule has 8 nitrogen and oxygen atoms in total. The maximum Gasteiger partial charge on any atom is 0.337 e. The fourth-order valence-corrected chi connectivity index (χ4v) is 3.30. The Balaban J connectivity index is 2.17. The normalized spacial score (nSPS) is 10.8. The van der Waals surface area contributed by atoms with Gasteiger partial charge in [-0.05, 0) is 49.4 Å². The van der Waals surface area contributed by atoms with Crippen molar-refractivity contribution in [2.75, 3.05) is 36.1 Å². The van der Waals surface area contributed by atoms with E-state index >= 15 is 0 Å². The van der Waals surface area contributed by atoms with E-state index in [1.807, 2.05) is 6.92 Å². The molecule has 0 unspecified atom stereocenters. The van der Waals surface area contributed by atoms with Crippen LogP contribution in [0, 0.1) is 0 Å². The van der Waals surface area contributed by atoms with Gasteiger partial charge in [-0.3, -0.25) is 9.10 Å². The summed E-state index contributed by atoms with van der Waals surface area (Å²) in [6.45, 7) is 1.91. The Labute approximate surface area is 164 Å². The first-order chi connectivity index (χ1) is 13.2. The number of amides is 1. The smallest absolute Gasteiger partial charge is 0.337 e. The molecule has 0 radical (unpaired) electrons. The second-order valence-corrected chi connectivity index (χ2v) is 7.72. The van der Waals surface area contributed by atoms with Crippen molar-refractivity contribution in [3.63, 3.8) is 0 Å². The van der Waals surface area contributed by atoms with Gasteiger partial charge in [0.15, 0.2) is 0 Å². The predicted molar refractivity (Wildman–Crippen MR) is 106 cm³/mol. The van der Waals surface area contributed by atoms with Crippen LogP contribution in [0.4, 0.5) is 11.4 Å². The van der Waals surface area contributed by atoms with E-state index in [9.17, 15) is 18.0 Å². The molecule has 0 saturated carbocycles. The standard InChI is InChI=1S/C19H22N2O6S/c1-4-27-17-10-8-16(9-11-17)21(28(3,24)25)13-18(22)20-15-7-5-6-14(12-15)19(23)26-2/h5-12H,4,13H2,1-3H3,(H,20,22). The molecule has 2 aromatic rings. The Bertz CT molecular complexity index is 941. The highest BCUT2D eigenvalue weighted by Crippen LogP contribution is 2.22. The van der Waals surface area contributed by atoms with Crippen molar-refractivity contribution in [1.82, 2.24) is 0 Å². The SMILES string of the molecule is CCOc1ccc(N(CC(=O)Nc2cccc(C(=O)OC)c2)S(C)(=O)=O)cc1. The monoisotopic (exact) mass is 406 g/mol. The fraction of sp³-hybridized carbons (Fsp3) is 0.263.